The minimum absolute atomic E-state index is 0.0413. The van der Waals surface area contributed by atoms with E-state index in [4.69, 9.17) is 4.74 Å². The molecule has 1 aromatic heterocycles. The lowest BCUT2D eigenvalue weighted by atomic mass is 10.0. The van der Waals surface area contributed by atoms with Crippen molar-refractivity contribution >= 4 is 12.3 Å². The largest absolute Gasteiger partial charge is 0.460 e. The van der Waals surface area contributed by atoms with E-state index in [1.54, 1.807) is 12.4 Å². The average molecular weight is 366 g/mol. The molecule has 1 unspecified atom stereocenters. The molecular formula is C25H22N2O. The normalized spacial score (nSPS) is 20.5. The Kier molecular flexibility index (Phi) is 5.40. The molecule has 1 aromatic carbocycles. The molecule has 1 atom stereocenters. The van der Waals surface area contributed by atoms with E-state index in [2.05, 4.69) is 70.8 Å². The molecule has 28 heavy (non-hydrogen) atoms. The van der Waals surface area contributed by atoms with Crippen LogP contribution in [0.5, 0.6) is 0 Å². The fraction of sp³-hybridized carbons (Fsp3) is 0.160. The first kappa shape index (κ1) is 17.9. The summed E-state index contributed by atoms with van der Waals surface area (Å²) in [6, 6.07) is 12.2. The summed E-state index contributed by atoms with van der Waals surface area (Å²) >= 11 is 0. The van der Waals surface area contributed by atoms with Crippen LogP contribution in [-0.4, -0.2) is 11.0 Å². The van der Waals surface area contributed by atoms with Gasteiger partial charge < -0.3 is 10.1 Å². The zero-order valence-electron chi connectivity index (χ0n) is 15.9. The highest BCUT2D eigenvalue weighted by molar-refractivity contribution is 5.48. The van der Waals surface area contributed by atoms with E-state index >= 15 is 0 Å². The van der Waals surface area contributed by atoms with Crippen LogP contribution in [0.3, 0.4) is 0 Å². The Hall–Kier alpha value is -3.51. The third kappa shape index (κ3) is 4.07. The smallest absolute Gasteiger partial charge is 0.127 e. The number of fused-ring (bicyclic) bond motifs is 1. The van der Waals surface area contributed by atoms with Gasteiger partial charge in [0, 0.05) is 30.6 Å². The van der Waals surface area contributed by atoms with Crippen molar-refractivity contribution < 1.29 is 4.74 Å². The molecule has 0 radical (unpaired) electrons. The molecule has 0 bridgehead atoms. The van der Waals surface area contributed by atoms with Gasteiger partial charge in [-0.15, -0.1) is 0 Å². The van der Waals surface area contributed by atoms with E-state index in [0.29, 0.717) is 6.42 Å². The summed E-state index contributed by atoms with van der Waals surface area (Å²) in [6.45, 7) is 2.04. The van der Waals surface area contributed by atoms with Gasteiger partial charge in [-0.2, -0.15) is 0 Å². The lowest BCUT2D eigenvalue weighted by molar-refractivity contribution is 0.280. The number of aromatic nitrogens is 1. The summed E-state index contributed by atoms with van der Waals surface area (Å²) in [4.78, 5) is 4.01. The van der Waals surface area contributed by atoms with Gasteiger partial charge in [0.1, 0.15) is 17.6 Å². The third-order valence-electron chi connectivity index (χ3n) is 4.79. The van der Waals surface area contributed by atoms with E-state index in [9.17, 15) is 0 Å². The molecule has 1 N–H and O–H groups in total. The van der Waals surface area contributed by atoms with Gasteiger partial charge in [0.2, 0.25) is 0 Å². The number of hydrogen-bond acceptors (Lipinski definition) is 3. The summed E-state index contributed by atoms with van der Waals surface area (Å²) in [7, 11) is 0. The molecule has 0 saturated carbocycles. The van der Waals surface area contributed by atoms with Gasteiger partial charge >= 0.3 is 0 Å². The van der Waals surface area contributed by atoms with Crippen molar-refractivity contribution in [2.45, 2.75) is 25.8 Å². The molecule has 0 amide bonds. The Morgan fingerprint density at radius 2 is 2.00 bits per heavy atom. The van der Waals surface area contributed by atoms with Crippen LogP contribution in [0.15, 0.2) is 84.1 Å². The van der Waals surface area contributed by atoms with Crippen LogP contribution < -0.4 is 15.8 Å². The first-order valence-electron chi connectivity index (χ1n) is 9.49. The summed E-state index contributed by atoms with van der Waals surface area (Å²) in [5.74, 6) is 8.18. The van der Waals surface area contributed by atoms with E-state index in [1.807, 2.05) is 25.1 Å². The van der Waals surface area contributed by atoms with Crippen LogP contribution in [0.4, 0.5) is 0 Å². The van der Waals surface area contributed by atoms with Crippen LogP contribution in [-0.2, 0) is 4.74 Å². The molecule has 3 heteroatoms. The molecule has 3 heterocycles. The second-order valence-electron chi connectivity index (χ2n) is 6.62. The number of allylic oxidation sites excluding steroid dienone is 4. The second kappa shape index (κ2) is 8.45. The molecule has 2 aromatic rings. The van der Waals surface area contributed by atoms with Gasteiger partial charge in [-0.05, 0) is 59.7 Å². The number of pyridine rings is 1. The second-order valence-corrected chi connectivity index (χ2v) is 6.62. The first-order valence-corrected chi connectivity index (χ1v) is 9.49. The Labute approximate surface area is 165 Å². The maximum absolute atomic E-state index is 6.26. The lowest BCUT2D eigenvalue weighted by Crippen LogP contribution is -2.39. The Balaban J connectivity index is 1.51. The van der Waals surface area contributed by atoms with Crippen molar-refractivity contribution in [3.63, 3.8) is 0 Å². The third-order valence-corrected chi connectivity index (χ3v) is 4.79. The zero-order chi connectivity index (χ0) is 19.2. The molecule has 4 rings (SSSR count). The maximum Gasteiger partial charge on any atom is 0.127 e. The zero-order valence-corrected chi connectivity index (χ0v) is 15.9. The first-order chi connectivity index (χ1) is 13.8. The molecule has 0 fully saturated rings. The number of nitrogens with zero attached hydrogens (tertiary/aromatic N) is 1. The molecular weight excluding hydrogens is 344 g/mol. The highest BCUT2D eigenvalue weighted by Gasteiger charge is 2.20. The highest BCUT2D eigenvalue weighted by atomic mass is 16.5. The molecule has 0 aliphatic carbocycles. The van der Waals surface area contributed by atoms with Gasteiger partial charge in [0.15, 0.2) is 0 Å². The summed E-state index contributed by atoms with van der Waals surface area (Å²) in [5.41, 5.74) is 2.16. The minimum Gasteiger partial charge on any atom is -0.460 e. The van der Waals surface area contributed by atoms with Crippen LogP contribution in [0, 0.1) is 11.8 Å². The molecule has 0 saturated heterocycles. The van der Waals surface area contributed by atoms with Crippen molar-refractivity contribution in [3.05, 3.63) is 100 Å². The van der Waals surface area contributed by atoms with E-state index in [0.717, 1.165) is 23.5 Å². The maximum atomic E-state index is 6.26. The quantitative estimate of drug-likeness (QED) is 0.829. The van der Waals surface area contributed by atoms with Gasteiger partial charge in [-0.25, -0.2) is 0 Å². The SMILES string of the molecule is C/C=C1/CC=C(C2C=c3ccccc3=CN2)O/C1=C/CC#Cc1ccncc1. The van der Waals surface area contributed by atoms with Crippen molar-refractivity contribution in [2.75, 3.05) is 0 Å². The Morgan fingerprint density at radius 3 is 2.82 bits per heavy atom. The van der Waals surface area contributed by atoms with Crippen molar-refractivity contribution in [2.24, 2.45) is 0 Å². The fourth-order valence-electron chi connectivity index (χ4n) is 3.27. The van der Waals surface area contributed by atoms with Crippen molar-refractivity contribution in [3.8, 4) is 11.8 Å². The molecule has 2 aliphatic heterocycles. The van der Waals surface area contributed by atoms with Crippen LogP contribution in [0.1, 0.15) is 25.3 Å². The Morgan fingerprint density at radius 1 is 1.18 bits per heavy atom. The summed E-state index contributed by atoms with van der Waals surface area (Å²) < 4.78 is 6.26. The molecule has 3 nitrogen and oxygen atoms in total. The lowest BCUT2D eigenvalue weighted by Gasteiger charge is -2.26. The van der Waals surface area contributed by atoms with Crippen LogP contribution in [0.25, 0.3) is 12.3 Å². The molecule has 0 spiro atoms. The predicted octanol–water partition coefficient (Wildman–Crippen LogP) is 3.15. The minimum atomic E-state index is 0.0413. The number of hydrogen-bond donors (Lipinski definition) is 1. The van der Waals surface area contributed by atoms with Gasteiger partial charge in [0.05, 0.1) is 0 Å². The van der Waals surface area contributed by atoms with E-state index < -0.39 is 0 Å². The summed E-state index contributed by atoms with van der Waals surface area (Å²) in [6.07, 6.45) is 15.6. The van der Waals surface area contributed by atoms with E-state index in [-0.39, 0.29) is 6.04 Å². The van der Waals surface area contributed by atoms with Gasteiger partial charge in [0.25, 0.3) is 0 Å². The van der Waals surface area contributed by atoms with Crippen molar-refractivity contribution in [1.29, 1.82) is 0 Å². The van der Waals surface area contributed by atoms with Gasteiger partial charge in [-0.1, -0.05) is 42.2 Å². The Bertz CT molecular complexity index is 1130. The number of benzene rings is 1. The topological polar surface area (TPSA) is 34.1 Å². The molecule has 2 aliphatic rings. The van der Waals surface area contributed by atoms with Crippen LogP contribution in [0.2, 0.25) is 0 Å². The van der Waals surface area contributed by atoms with Gasteiger partial charge in [-0.3, -0.25) is 4.98 Å². The summed E-state index contributed by atoms with van der Waals surface area (Å²) in [5, 5.41) is 5.86. The number of rotatable bonds is 2. The van der Waals surface area contributed by atoms with Crippen molar-refractivity contribution in [1.82, 2.24) is 10.3 Å². The standard InChI is InChI=1S/C25H22N2O/c1-2-20-11-12-25(23-17-21-8-4-5-9-22(21)18-27-23)28-24(20)10-6-3-7-19-13-15-26-16-14-19/h2,4-5,8-10,12-18,23,27H,6,11H2,1H3/b20-2-,24-10+. The monoisotopic (exact) mass is 366 g/mol. The number of nitrogens with one attached hydrogen (secondary N) is 1. The fourth-order valence-corrected chi connectivity index (χ4v) is 3.27. The van der Waals surface area contributed by atoms with E-state index in [1.165, 1.54) is 16.0 Å². The van der Waals surface area contributed by atoms with Crippen LogP contribution >= 0.6 is 0 Å². The molecule has 138 valence electrons. The highest BCUT2D eigenvalue weighted by Crippen LogP contribution is 2.28. The average Bonchev–Trinajstić information content (AvgIpc) is 2.77. The predicted molar refractivity (Wildman–Crippen MR) is 113 cm³/mol. The number of ether oxygens (including phenoxy) is 1.